The molecule has 0 spiro atoms. The highest BCUT2D eigenvalue weighted by Crippen LogP contribution is 2.23. The molecule has 7 nitrogen and oxygen atoms in total. The lowest BCUT2D eigenvalue weighted by Crippen LogP contribution is -2.55. The molecule has 1 aromatic carbocycles. The standard InChI is InChI=1S/C23H30N4O3/c1-6-14-26(21(28)25-19-12-10-17(2)11-13-19)27(22(29)30-23(3,4)5)20-9-7-8-18(15-20)16-24/h7-10,12,15H,6,11,13-14H2,1-5H3,(H,25,28). The zero-order valence-corrected chi connectivity index (χ0v) is 18.4. The number of anilines is 1. The second-order valence-corrected chi connectivity index (χ2v) is 8.21. The first-order valence-electron chi connectivity index (χ1n) is 10.1. The van der Waals surface area contributed by atoms with Gasteiger partial charge >= 0.3 is 12.1 Å². The van der Waals surface area contributed by atoms with Crippen LogP contribution in [0.2, 0.25) is 0 Å². The first kappa shape index (κ1) is 23.0. The topological polar surface area (TPSA) is 85.7 Å². The lowest BCUT2D eigenvalue weighted by atomic mass is 10.0. The van der Waals surface area contributed by atoms with Crippen molar-refractivity contribution in [2.45, 2.75) is 59.5 Å². The average Bonchev–Trinajstić information content (AvgIpc) is 2.68. The molecule has 0 radical (unpaired) electrons. The predicted octanol–water partition coefficient (Wildman–Crippen LogP) is 5.26. The van der Waals surface area contributed by atoms with Gasteiger partial charge in [-0.3, -0.25) is 0 Å². The predicted molar refractivity (Wildman–Crippen MR) is 116 cm³/mol. The lowest BCUT2D eigenvalue weighted by molar-refractivity contribution is 0.0487. The van der Waals surface area contributed by atoms with Gasteiger partial charge in [-0.25, -0.2) is 14.6 Å². The number of urea groups is 1. The largest absolute Gasteiger partial charge is 0.442 e. The summed E-state index contributed by atoms with van der Waals surface area (Å²) >= 11 is 0. The second-order valence-electron chi connectivity index (χ2n) is 8.21. The van der Waals surface area contributed by atoms with Crippen LogP contribution in [0.5, 0.6) is 0 Å². The molecule has 160 valence electrons. The fourth-order valence-electron chi connectivity index (χ4n) is 2.91. The average molecular weight is 411 g/mol. The van der Waals surface area contributed by atoms with Crippen LogP contribution in [0, 0.1) is 11.3 Å². The summed E-state index contributed by atoms with van der Waals surface area (Å²) in [6, 6.07) is 8.19. The third-order valence-corrected chi connectivity index (χ3v) is 4.32. The number of nitrogens with one attached hydrogen (secondary N) is 1. The molecule has 0 fully saturated rings. The van der Waals surface area contributed by atoms with Crippen molar-refractivity contribution in [3.63, 3.8) is 0 Å². The molecule has 1 aromatic rings. The van der Waals surface area contributed by atoms with E-state index in [2.05, 4.69) is 11.4 Å². The van der Waals surface area contributed by atoms with Gasteiger partial charge in [0.05, 0.1) is 17.3 Å². The van der Waals surface area contributed by atoms with Crippen molar-refractivity contribution in [1.82, 2.24) is 10.3 Å². The Bertz CT molecular complexity index is 890. The Kier molecular flexibility index (Phi) is 7.65. The molecule has 0 atom stereocenters. The first-order valence-corrected chi connectivity index (χ1v) is 10.1. The SMILES string of the molecule is CCCN(C(=O)NC1=CC=C(C)CC1)N(C(=O)OC(C)(C)C)c1cccc(C#N)c1. The maximum absolute atomic E-state index is 13.2. The number of carbonyl (C=O) groups is 2. The fraction of sp³-hybridized carbons (Fsp3) is 0.435. The van der Waals surface area contributed by atoms with Gasteiger partial charge < -0.3 is 10.1 Å². The molecule has 0 aromatic heterocycles. The van der Waals surface area contributed by atoms with E-state index in [1.165, 1.54) is 15.6 Å². The number of rotatable bonds is 4. The van der Waals surface area contributed by atoms with Crippen LogP contribution < -0.4 is 10.3 Å². The number of hydrazine groups is 1. The lowest BCUT2D eigenvalue weighted by Gasteiger charge is -2.36. The van der Waals surface area contributed by atoms with E-state index < -0.39 is 17.7 Å². The van der Waals surface area contributed by atoms with Crippen LogP contribution >= 0.6 is 0 Å². The third-order valence-electron chi connectivity index (χ3n) is 4.32. The monoisotopic (exact) mass is 410 g/mol. The van der Waals surface area contributed by atoms with Gasteiger partial charge in [0.25, 0.3) is 0 Å². The van der Waals surface area contributed by atoms with Crippen molar-refractivity contribution in [3.05, 3.63) is 53.3 Å². The summed E-state index contributed by atoms with van der Waals surface area (Å²) in [5.74, 6) is 0. The number of allylic oxidation sites excluding steroid dienone is 4. The van der Waals surface area contributed by atoms with Crippen LogP contribution in [0.25, 0.3) is 0 Å². The summed E-state index contributed by atoms with van der Waals surface area (Å²) in [6.07, 6.45) is 5.40. The Morgan fingerprint density at radius 3 is 2.53 bits per heavy atom. The molecule has 1 N–H and O–H groups in total. The molecule has 7 heteroatoms. The molecule has 0 heterocycles. The van der Waals surface area contributed by atoms with E-state index in [-0.39, 0.29) is 0 Å². The first-order chi connectivity index (χ1) is 14.1. The number of ether oxygens (including phenoxy) is 1. The van der Waals surface area contributed by atoms with E-state index in [1.807, 2.05) is 26.0 Å². The minimum absolute atomic E-state index is 0.296. The van der Waals surface area contributed by atoms with E-state index in [0.717, 1.165) is 18.5 Å². The summed E-state index contributed by atoms with van der Waals surface area (Å²) in [7, 11) is 0. The van der Waals surface area contributed by atoms with Crippen LogP contribution in [-0.4, -0.2) is 29.3 Å². The number of hydrogen-bond acceptors (Lipinski definition) is 4. The van der Waals surface area contributed by atoms with Crippen molar-refractivity contribution in [2.24, 2.45) is 0 Å². The Hall–Kier alpha value is -3.27. The molecule has 0 aliphatic heterocycles. The van der Waals surface area contributed by atoms with Crippen molar-refractivity contribution < 1.29 is 14.3 Å². The molecule has 3 amide bonds. The van der Waals surface area contributed by atoms with E-state index in [9.17, 15) is 14.9 Å². The smallest absolute Gasteiger partial charge is 0.434 e. The molecule has 1 aliphatic carbocycles. The van der Waals surface area contributed by atoms with Gasteiger partial charge in [-0.05, 0) is 71.2 Å². The van der Waals surface area contributed by atoms with Gasteiger partial charge in [0, 0.05) is 12.2 Å². The summed E-state index contributed by atoms with van der Waals surface area (Å²) in [6.45, 7) is 9.56. The molecule has 0 saturated heterocycles. The van der Waals surface area contributed by atoms with Crippen LogP contribution in [0.3, 0.4) is 0 Å². The number of carbonyl (C=O) groups excluding carboxylic acids is 2. The number of nitrogens with zero attached hydrogens (tertiary/aromatic N) is 3. The highest BCUT2D eigenvalue weighted by atomic mass is 16.6. The summed E-state index contributed by atoms with van der Waals surface area (Å²) in [5.41, 5.74) is 2.07. The molecule has 0 bridgehead atoms. The zero-order valence-electron chi connectivity index (χ0n) is 18.4. The van der Waals surface area contributed by atoms with Gasteiger partial charge in [0.15, 0.2) is 0 Å². The van der Waals surface area contributed by atoms with Crippen molar-refractivity contribution in [2.75, 3.05) is 11.6 Å². The summed E-state index contributed by atoms with van der Waals surface area (Å²) < 4.78 is 5.57. The normalized spacial score (nSPS) is 13.5. The van der Waals surface area contributed by atoms with Gasteiger partial charge in [0.1, 0.15) is 5.60 Å². The van der Waals surface area contributed by atoms with Crippen molar-refractivity contribution in [1.29, 1.82) is 5.26 Å². The van der Waals surface area contributed by atoms with Gasteiger partial charge in [-0.1, -0.05) is 24.6 Å². The van der Waals surface area contributed by atoms with Gasteiger partial charge in [-0.15, -0.1) is 0 Å². The van der Waals surface area contributed by atoms with E-state index in [0.29, 0.717) is 24.2 Å². The minimum Gasteiger partial charge on any atom is -0.442 e. The molecular formula is C23H30N4O3. The molecule has 0 saturated carbocycles. The highest BCUT2D eigenvalue weighted by Gasteiger charge is 2.32. The highest BCUT2D eigenvalue weighted by molar-refractivity contribution is 5.92. The summed E-state index contributed by atoms with van der Waals surface area (Å²) in [5, 5.41) is 14.7. The number of amides is 3. The van der Waals surface area contributed by atoms with E-state index in [1.54, 1.807) is 45.0 Å². The van der Waals surface area contributed by atoms with Crippen LogP contribution in [-0.2, 0) is 4.74 Å². The zero-order chi connectivity index (χ0) is 22.3. The van der Waals surface area contributed by atoms with Crippen LogP contribution in [0.4, 0.5) is 15.3 Å². The van der Waals surface area contributed by atoms with Gasteiger partial charge in [-0.2, -0.15) is 10.3 Å². The Balaban J connectivity index is 2.41. The van der Waals surface area contributed by atoms with Crippen LogP contribution in [0.15, 0.2) is 47.7 Å². The second kappa shape index (κ2) is 9.97. The maximum atomic E-state index is 13.2. The molecule has 30 heavy (non-hydrogen) atoms. The molecule has 2 rings (SSSR count). The Morgan fingerprint density at radius 1 is 1.23 bits per heavy atom. The summed E-state index contributed by atoms with van der Waals surface area (Å²) in [4.78, 5) is 26.3. The Labute approximate surface area is 178 Å². The maximum Gasteiger partial charge on any atom is 0.434 e. The fourth-order valence-corrected chi connectivity index (χ4v) is 2.91. The van der Waals surface area contributed by atoms with Crippen LogP contribution in [0.1, 0.15) is 59.4 Å². The van der Waals surface area contributed by atoms with E-state index >= 15 is 0 Å². The quantitative estimate of drug-likeness (QED) is 0.686. The van der Waals surface area contributed by atoms with E-state index in [4.69, 9.17) is 4.74 Å². The number of nitriles is 1. The van der Waals surface area contributed by atoms with Gasteiger partial charge in [0.2, 0.25) is 0 Å². The minimum atomic E-state index is -0.745. The molecule has 1 aliphatic rings. The third kappa shape index (κ3) is 6.38. The van der Waals surface area contributed by atoms with Crippen molar-refractivity contribution >= 4 is 17.8 Å². The number of benzene rings is 1. The van der Waals surface area contributed by atoms with Crippen molar-refractivity contribution in [3.8, 4) is 6.07 Å². The Morgan fingerprint density at radius 2 is 1.97 bits per heavy atom. The molecular weight excluding hydrogens is 380 g/mol. The number of hydrogen-bond donors (Lipinski definition) is 1. The molecule has 0 unspecified atom stereocenters.